The van der Waals surface area contributed by atoms with E-state index in [4.69, 9.17) is 0 Å². The van der Waals surface area contributed by atoms with Gasteiger partial charge in [-0.1, -0.05) is 23.8 Å². The van der Waals surface area contributed by atoms with Gasteiger partial charge in [-0.25, -0.2) is 8.42 Å². The van der Waals surface area contributed by atoms with E-state index in [9.17, 15) is 13.2 Å². The topological polar surface area (TPSA) is 75.3 Å². The quantitative estimate of drug-likeness (QED) is 0.650. The molecule has 0 aliphatic carbocycles. The smallest absolute Gasteiger partial charge is 0.267 e. The van der Waals surface area contributed by atoms with Gasteiger partial charge in [0.05, 0.1) is 0 Å². The zero-order valence-corrected chi connectivity index (χ0v) is 16.9. The van der Waals surface area contributed by atoms with Crippen LogP contribution in [0.4, 0.5) is 11.4 Å². The number of rotatable bonds is 5. The van der Waals surface area contributed by atoms with E-state index >= 15 is 0 Å². The summed E-state index contributed by atoms with van der Waals surface area (Å²) in [6.45, 7) is 5.80. The molecule has 0 radical (unpaired) electrons. The second-order valence-corrected chi connectivity index (χ2v) is 8.98. The predicted octanol–water partition coefficient (Wildman–Crippen LogP) is 4.73. The van der Waals surface area contributed by atoms with Gasteiger partial charge in [-0.15, -0.1) is 11.3 Å². The van der Waals surface area contributed by atoms with Crippen LogP contribution in [0.25, 0.3) is 0 Å². The highest BCUT2D eigenvalue weighted by Crippen LogP contribution is 2.26. The number of anilines is 2. The molecule has 1 amide bonds. The van der Waals surface area contributed by atoms with Crippen molar-refractivity contribution in [1.29, 1.82) is 0 Å². The Morgan fingerprint density at radius 1 is 0.852 bits per heavy atom. The minimum atomic E-state index is -3.87. The number of amides is 1. The van der Waals surface area contributed by atoms with Gasteiger partial charge >= 0.3 is 0 Å². The van der Waals surface area contributed by atoms with Crippen LogP contribution in [-0.4, -0.2) is 14.3 Å². The molecule has 27 heavy (non-hydrogen) atoms. The maximum Gasteiger partial charge on any atom is 0.267 e. The lowest BCUT2D eigenvalue weighted by Gasteiger charge is -2.10. The van der Waals surface area contributed by atoms with Crippen LogP contribution in [0.1, 0.15) is 26.4 Å². The Morgan fingerprint density at radius 3 is 2.11 bits per heavy atom. The number of hydrogen-bond donors (Lipinski definition) is 2. The summed E-state index contributed by atoms with van der Waals surface area (Å²) in [5.74, 6) is -0.445. The average Bonchev–Trinajstić information content (AvgIpc) is 3.06. The van der Waals surface area contributed by atoms with Crippen molar-refractivity contribution in [3.63, 3.8) is 0 Å². The van der Waals surface area contributed by atoms with Crippen LogP contribution < -0.4 is 10.0 Å². The Kier molecular flexibility index (Phi) is 5.34. The van der Waals surface area contributed by atoms with E-state index in [2.05, 4.69) is 10.0 Å². The minimum absolute atomic E-state index is 0.0325. The molecular weight excluding hydrogens is 380 g/mol. The third kappa shape index (κ3) is 4.56. The number of hydrogen-bond acceptors (Lipinski definition) is 4. The van der Waals surface area contributed by atoms with Crippen molar-refractivity contribution in [3.05, 3.63) is 75.5 Å². The summed E-state index contributed by atoms with van der Waals surface area (Å²) in [6, 6.07) is 14.1. The molecule has 1 aromatic heterocycles. The lowest BCUT2D eigenvalue weighted by atomic mass is 10.1. The van der Waals surface area contributed by atoms with E-state index in [0.29, 0.717) is 11.4 Å². The average molecular weight is 401 g/mol. The summed E-state index contributed by atoms with van der Waals surface area (Å²) in [4.78, 5) is 12.8. The normalized spacial score (nSPS) is 11.2. The maximum absolute atomic E-state index is 12.7. The van der Waals surface area contributed by atoms with Gasteiger partial charge in [0.25, 0.3) is 15.9 Å². The van der Waals surface area contributed by atoms with E-state index in [1.54, 1.807) is 17.5 Å². The molecule has 1 heterocycles. The summed E-state index contributed by atoms with van der Waals surface area (Å²) < 4.78 is 28.0. The fraction of sp³-hybridized carbons (Fsp3) is 0.150. The van der Waals surface area contributed by atoms with Gasteiger partial charge in [-0.2, -0.15) is 0 Å². The van der Waals surface area contributed by atoms with Crippen LogP contribution in [0.15, 0.2) is 58.8 Å². The van der Waals surface area contributed by atoms with E-state index in [0.717, 1.165) is 28.0 Å². The van der Waals surface area contributed by atoms with Crippen LogP contribution in [0.2, 0.25) is 0 Å². The van der Waals surface area contributed by atoms with Crippen molar-refractivity contribution in [2.24, 2.45) is 0 Å². The number of carbonyl (C=O) groups is 1. The summed E-state index contributed by atoms with van der Waals surface area (Å²) >= 11 is 1.09. The first kappa shape index (κ1) is 19.1. The molecular formula is C20H20N2O3S2. The second-order valence-electron chi connectivity index (χ2n) is 6.42. The van der Waals surface area contributed by atoms with Crippen molar-refractivity contribution in [3.8, 4) is 0 Å². The number of carbonyl (C=O) groups excluding carboxylic acids is 1. The van der Waals surface area contributed by atoms with Crippen molar-refractivity contribution >= 4 is 38.6 Å². The second kappa shape index (κ2) is 7.54. The van der Waals surface area contributed by atoms with Crippen molar-refractivity contribution in [2.75, 3.05) is 10.0 Å². The molecule has 0 atom stereocenters. The molecule has 0 saturated heterocycles. The number of nitrogens with one attached hydrogen (secondary N) is 2. The van der Waals surface area contributed by atoms with Gasteiger partial charge < -0.3 is 5.32 Å². The molecule has 0 bridgehead atoms. The summed E-state index contributed by atoms with van der Waals surface area (Å²) in [6.07, 6.45) is 0. The summed E-state index contributed by atoms with van der Waals surface area (Å²) in [5.41, 5.74) is 4.16. The minimum Gasteiger partial charge on any atom is -0.321 e. The number of aryl methyl sites for hydroxylation is 3. The van der Waals surface area contributed by atoms with Crippen LogP contribution >= 0.6 is 11.3 Å². The number of sulfonamides is 1. The van der Waals surface area contributed by atoms with E-state index in [1.807, 2.05) is 51.1 Å². The highest BCUT2D eigenvalue weighted by molar-refractivity contribution is 7.93. The monoisotopic (exact) mass is 400 g/mol. The Labute approximate surface area is 163 Å². The molecule has 3 rings (SSSR count). The van der Waals surface area contributed by atoms with Crippen LogP contribution in [0.5, 0.6) is 0 Å². The number of thiophene rings is 1. The van der Waals surface area contributed by atoms with Crippen LogP contribution in [0, 0.1) is 20.8 Å². The van der Waals surface area contributed by atoms with Crippen LogP contribution in [0.3, 0.4) is 0 Å². The first-order valence-electron chi connectivity index (χ1n) is 8.31. The molecule has 0 unspecified atom stereocenters. The maximum atomic E-state index is 12.7. The summed E-state index contributed by atoms with van der Waals surface area (Å²) in [7, 11) is -3.87. The lowest BCUT2D eigenvalue weighted by Crippen LogP contribution is -2.18. The Morgan fingerprint density at radius 2 is 1.48 bits per heavy atom. The van der Waals surface area contributed by atoms with Gasteiger partial charge in [0.2, 0.25) is 0 Å². The predicted molar refractivity (Wildman–Crippen MR) is 110 cm³/mol. The van der Waals surface area contributed by atoms with Crippen LogP contribution in [-0.2, 0) is 10.0 Å². The van der Waals surface area contributed by atoms with E-state index in [-0.39, 0.29) is 9.77 Å². The third-order valence-electron chi connectivity index (χ3n) is 3.91. The highest BCUT2D eigenvalue weighted by atomic mass is 32.2. The molecule has 7 heteroatoms. The molecule has 0 saturated carbocycles. The molecule has 0 spiro atoms. The van der Waals surface area contributed by atoms with Crippen molar-refractivity contribution < 1.29 is 13.2 Å². The molecule has 140 valence electrons. The van der Waals surface area contributed by atoms with Gasteiger partial charge in [0.1, 0.15) is 9.77 Å². The SMILES string of the molecule is Cc1ccc(NS(=O)(=O)c2ccsc2C(=O)Nc2cc(C)cc(C)c2)cc1. The Balaban J connectivity index is 1.85. The Bertz CT molecular complexity index is 1060. The van der Waals surface area contributed by atoms with Gasteiger partial charge in [-0.3, -0.25) is 9.52 Å². The summed E-state index contributed by atoms with van der Waals surface area (Å²) in [5, 5.41) is 4.39. The lowest BCUT2D eigenvalue weighted by molar-refractivity contribution is 0.102. The fourth-order valence-electron chi connectivity index (χ4n) is 2.74. The largest absolute Gasteiger partial charge is 0.321 e. The number of benzene rings is 2. The molecule has 0 aliphatic rings. The third-order valence-corrected chi connectivity index (χ3v) is 6.37. The van der Waals surface area contributed by atoms with Gasteiger partial charge in [0.15, 0.2) is 0 Å². The van der Waals surface area contributed by atoms with E-state index < -0.39 is 15.9 Å². The van der Waals surface area contributed by atoms with Crippen molar-refractivity contribution in [2.45, 2.75) is 25.7 Å². The van der Waals surface area contributed by atoms with Crippen molar-refractivity contribution in [1.82, 2.24) is 0 Å². The molecule has 5 nitrogen and oxygen atoms in total. The Hall–Kier alpha value is -2.64. The standard InChI is InChI=1S/C20H20N2O3S2/c1-13-4-6-16(7-5-13)22-27(24,25)18-8-9-26-19(18)20(23)21-17-11-14(2)10-15(3)12-17/h4-12,22H,1-3H3,(H,21,23). The molecule has 2 N–H and O–H groups in total. The molecule has 2 aromatic carbocycles. The zero-order valence-electron chi connectivity index (χ0n) is 15.2. The van der Waals surface area contributed by atoms with E-state index in [1.165, 1.54) is 6.07 Å². The molecule has 3 aromatic rings. The van der Waals surface area contributed by atoms with Gasteiger partial charge in [-0.05, 0) is 67.6 Å². The molecule has 0 fully saturated rings. The molecule has 0 aliphatic heterocycles. The van der Waals surface area contributed by atoms with Gasteiger partial charge in [0, 0.05) is 11.4 Å². The first-order valence-corrected chi connectivity index (χ1v) is 10.7. The zero-order chi connectivity index (χ0) is 19.6. The highest BCUT2D eigenvalue weighted by Gasteiger charge is 2.24. The fourth-order valence-corrected chi connectivity index (χ4v) is 5.12. The first-order chi connectivity index (χ1) is 12.7.